The van der Waals surface area contributed by atoms with Gasteiger partial charge in [0.25, 0.3) is 0 Å². The minimum absolute atomic E-state index is 0.0471. The van der Waals surface area contributed by atoms with Crippen molar-refractivity contribution in [1.29, 1.82) is 5.26 Å². The third-order valence-corrected chi connectivity index (χ3v) is 3.15. The van der Waals surface area contributed by atoms with Gasteiger partial charge in [-0.15, -0.1) is 0 Å². The molecule has 2 rings (SSSR count). The molecule has 1 heterocycles. The van der Waals surface area contributed by atoms with E-state index in [2.05, 4.69) is 4.98 Å². The summed E-state index contributed by atoms with van der Waals surface area (Å²) in [6.45, 7) is -0.0471. The fourth-order valence-electron chi connectivity index (χ4n) is 1.67. The number of benzene rings is 1. The lowest BCUT2D eigenvalue weighted by Crippen LogP contribution is -2.07. The van der Waals surface area contributed by atoms with Gasteiger partial charge >= 0.3 is 6.18 Å². The molecule has 0 radical (unpaired) electrons. The molecule has 2 aromatic rings. The number of rotatable bonds is 4. The average molecular weight is 327 g/mol. The summed E-state index contributed by atoms with van der Waals surface area (Å²) in [5, 5.41) is 8.47. The van der Waals surface area contributed by atoms with E-state index in [1.165, 1.54) is 0 Å². The Morgan fingerprint density at radius 3 is 2.45 bits per heavy atom. The topological polar surface area (TPSA) is 45.9 Å². The second-order valence-corrected chi connectivity index (χ2v) is 4.82. The van der Waals surface area contributed by atoms with Crippen LogP contribution in [0.3, 0.4) is 0 Å². The second kappa shape index (κ2) is 6.67. The minimum Gasteiger partial charge on any atom is -0.487 e. The highest BCUT2D eigenvalue weighted by Crippen LogP contribution is 2.31. The van der Waals surface area contributed by atoms with Gasteiger partial charge in [0.15, 0.2) is 0 Å². The summed E-state index contributed by atoms with van der Waals surface area (Å²) in [6, 6.07) is 9.66. The molecule has 0 amide bonds. The molecule has 3 nitrogen and oxygen atoms in total. The summed E-state index contributed by atoms with van der Waals surface area (Å²) < 4.78 is 42.9. The van der Waals surface area contributed by atoms with Crippen molar-refractivity contribution in [2.75, 3.05) is 0 Å². The molecule has 0 saturated heterocycles. The predicted molar refractivity (Wildman–Crippen MR) is 74.3 cm³/mol. The molecule has 1 aromatic heterocycles. The highest BCUT2D eigenvalue weighted by molar-refractivity contribution is 6.31. The third kappa shape index (κ3) is 4.12. The second-order valence-electron chi connectivity index (χ2n) is 4.42. The van der Waals surface area contributed by atoms with E-state index in [9.17, 15) is 13.2 Å². The first-order valence-electron chi connectivity index (χ1n) is 6.20. The molecule has 0 fully saturated rings. The minimum atomic E-state index is -4.48. The molecule has 114 valence electrons. The van der Waals surface area contributed by atoms with E-state index in [-0.39, 0.29) is 17.3 Å². The molecule has 0 atom stereocenters. The number of hydrogen-bond donors (Lipinski definition) is 0. The lowest BCUT2D eigenvalue weighted by Gasteiger charge is -2.10. The van der Waals surface area contributed by atoms with Crippen LogP contribution < -0.4 is 4.74 Å². The Bertz CT molecular complexity index is 693. The van der Waals surface area contributed by atoms with Crippen molar-refractivity contribution in [1.82, 2.24) is 4.98 Å². The molecular formula is C15H10ClF3N2O. The Kier molecular flexibility index (Phi) is 4.88. The van der Waals surface area contributed by atoms with Gasteiger partial charge < -0.3 is 4.74 Å². The maximum atomic E-state index is 12.5. The summed E-state index contributed by atoms with van der Waals surface area (Å²) >= 11 is 5.79. The lowest BCUT2D eigenvalue weighted by molar-refractivity contribution is -0.137. The van der Waals surface area contributed by atoms with E-state index >= 15 is 0 Å². The monoisotopic (exact) mass is 326 g/mol. The van der Waals surface area contributed by atoms with E-state index in [0.717, 1.165) is 17.8 Å². The largest absolute Gasteiger partial charge is 0.487 e. The SMILES string of the molecule is N#CCc1ccc(OCc2ncc(C(F)(F)F)cc2Cl)cc1. The standard InChI is InChI=1S/C15H10ClF3N2O/c16-13-7-11(15(17,18)19)8-21-14(13)9-22-12-3-1-10(2-4-12)5-6-20/h1-4,7-8H,5,9H2. The van der Waals surface area contributed by atoms with Crippen LogP contribution in [0.4, 0.5) is 13.2 Å². The van der Waals surface area contributed by atoms with Gasteiger partial charge in [-0.2, -0.15) is 18.4 Å². The Morgan fingerprint density at radius 2 is 1.91 bits per heavy atom. The van der Waals surface area contributed by atoms with Gasteiger partial charge in [-0.05, 0) is 23.8 Å². The lowest BCUT2D eigenvalue weighted by atomic mass is 10.2. The molecule has 22 heavy (non-hydrogen) atoms. The number of nitriles is 1. The van der Waals surface area contributed by atoms with Crippen molar-refractivity contribution in [2.24, 2.45) is 0 Å². The summed E-state index contributed by atoms with van der Waals surface area (Å²) in [4.78, 5) is 3.69. The number of ether oxygens (including phenoxy) is 1. The molecule has 0 bridgehead atoms. The highest BCUT2D eigenvalue weighted by Gasteiger charge is 2.31. The zero-order valence-electron chi connectivity index (χ0n) is 11.2. The van der Waals surface area contributed by atoms with E-state index < -0.39 is 11.7 Å². The summed E-state index contributed by atoms with van der Waals surface area (Å²) in [5.74, 6) is 0.513. The van der Waals surface area contributed by atoms with Crippen molar-refractivity contribution in [3.8, 4) is 11.8 Å². The average Bonchev–Trinajstić information content (AvgIpc) is 2.47. The van der Waals surface area contributed by atoms with Crippen LogP contribution in [0.2, 0.25) is 5.02 Å². The van der Waals surface area contributed by atoms with Gasteiger partial charge in [0.2, 0.25) is 0 Å². The summed E-state index contributed by atoms with van der Waals surface area (Å²) in [5.41, 5.74) is 0.165. The number of pyridine rings is 1. The van der Waals surface area contributed by atoms with Gasteiger partial charge in [0.1, 0.15) is 12.4 Å². The molecular weight excluding hydrogens is 317 g/mol. The maximum Gasteiger partial charge on any atom is 0.417 e. The summed E-state index contributed by atoms with van der Waals surface area (Å²) in [6.07, 6.45) is -3.46. The number of halogens is 4. The Morgan fingerprint density at radius 1 is 1.23 bits per heavy atom. The maximum absolute atomic E-state index is 12.5. The van der Waals surface area contributed by atoms with E-state index in [0.29, 0.717) is 12.2 Å². The van der Waals surface area contributed by atoms with Crippen LogP contribution in [0.5, 0.6) is 5.75 Å². The Hall–Kier alpha value is -2.26. The van der Waals surface area contributed by atoms with Crippen LogP contribution in [-0.4, -0.2) is 4.98 Å². The van der Waals surface area contributed by atoms with Crippen molar-refractivity contribution in [2.45, 2.75) is 19.2 Å². The Balaban J connectivity index is 2.04. The quantitative estimate of drug-likeness (QED) is 0.836. The molecule has 0 N–H and O–H groups in total. The highest BCUT2D eigenvalue weighted by atomic mass is 35.5. The van der Waals surface area contributed by atoms with Crippen LogP contribution in [-0.2, 0) is 19.2 Å². The molecule has 0 spiro atoms. The Labute approximate surface area is 129 Å². The first-order valence-corrected chi connectivity index (χ1v) is 6.58. The van der Waals surface area contributed by atoms with Gasteiger partial charge in [-0.25, -0.2) is 0 Å². The molecule has 0 saturated carbocycles. The molecule has 0 aliphatic heterocycles. The number of aromatic nitrogens is 1. The van der Waals surface area contributed by atoms with Crippen LogP contribution in [0.25, 0.3) is 0 Å². The van der Waals surface area contributed by atoms with Crippen LogP contribution >= 0.6 is 11.6 Å². The zero-order chi connectivity index (χ0) is 16.2. The van der Waals surface area contributed by atoms with Gasteiger partial charge in [0.05, 0.1) is 28.8 Å². The fraction of sp³-hybridized carbons (Fsp3) is 0.200. The smallest absolute Gasteiger partial charge is 0.417 e. The molecule has 0 aliphatic rings. The van der Waals surface area contributed by atoms with Crippen LogP contribution in [0.15, 0.2) is 36.5 Å². The van der Waals surface area contributed by atoms with Gasteiger partial charge in [-0.3, -0.25) is 4.98 Å². The van der Waals surface area contributed by atoms with Crippen molar-refractivity contribution < 1.29 is 17.9 Å². The zero-order valence-corrected chi connectivity index (χ0v) is 11.9. The number of nitrogens with zero attached hydrogens (tertiary/aromatic N) is 2. The summed E-state index contributed by atoms with van der Waals surface area (Å²) in [7, 11) is 0. The molecule has 1 aromatic carbocycles. The normalized spacial score (nSPS) is 11.0. The molecule has 0 unspecified atom stereocenters. The van der Waals surface area contributed by atoms with Crippen LogP contribution in [0.1, 0.15) is 16.8 Å². The predicted octanol–water partition coefficient (Wildman–Crippen LogP) is 4.40. The molecule has 7 heteroatoms. The van der Waals surface area contributed by atoms with E-state index in [1.54, 1.807) is 24.3 Å². The van der Waals surface area contributed by atoms with Gasteiger partial charge in [-0.1, -0.05) is 23.7 Å². The van der Waals surface area contributed by atoms with Gasteiger partial charge in [0, 0.05) is 6.20 Å². The third-order valence-electron chi connectivity index (χ3n) is 2.83. The van der Waals surface area contributed by atoms with E-state index in [4.69, 9.17) is 21.6 Å². The first kappa shape index (κ1) is 16.1. The van der Waals surface area contributed by atoms with Crippen LogP contribution in [0, 0.1) is 11.3 Å². The van der Waals surface area contributed by atoms with E-state index in [1.807, 2.05) is 6.07 Å². The molecule has 0 aliphatic carbocycles. The van der Waals surface area contributed by atoms with Crippen molar-refractivity contribution >= 4 is 11.6 Å². The van der Waals surface area contributed by atoms with Crippen molar-refractivity contribution in [3.05, 3.63) is 58.4 Å². The fourth-order valence-corrected chi connectivity index (χ4v) is 1.89. The first-order chi connectivity index (χ1) is 10.4. The van der Waals surface area contributed by atoms with Crippen molar-refractivity contribution in [3.63, 3.8) is 0 Å². The number of alkyl halides is 3. The number of hydrogen-bond acceptors (Lipinski definition) is 3.